The number of halogens is 1. The number of nitrogens with zero attached hydrogens (tertiary/aromatic N) is 2. The van der Waals surface area contributed by atoms with Crippen molar-refractivity contribution in [2.75, 3.05) is 13.1 Å². The molecule has 0 unspecified atom stereocenters. The molecule has 140 valence electrons. The summed E-state index contributed by atoms with van der Waals surface area (Å²) in [5.41, 5.74) is 10.3. The van der Waals surface area contributed by atoms with Gasteiger partial charge in [0.2, 0.25) is 5.91 Å². The van der Waals surface area contributed by atoms with Crippen molar-refractivity contribution in [1.82, 2.24) is 15.1 Å². The molecule has 4 N–H and O–H groups in total. The van der Waals surface area contributed by atoms with Gasteiger partial charge in [0.15, 0.2) is 0 Å². The van der Waals surface area contributed by atoms with Gasteiger partial charge < -0.3 is 15.7 Å². The van der Waals surface area contributed by atoms with Crippen LogP contribution in [0.3, 0.4) is 0 Å². The fraction of sp³-hybridized carbons (Fsp3) is 0.474. The zero-order valence-corrected chi connectivity index (χ0v) is 15.4. The van der Waals surface area contributed by atoms with Crippen LogP contribution in [0.2, 0.25) is 0 Å². The number of hydrogen-bond donors (Lipinski definition) is 3. The first-order chi connectivity index (χ1) is 12.1. The smallest absolute Gasteiger partial charge is 0.225 e. The van der Waals surface area contributed by atoms with Gasteiger partial charge in [0.1, 0.15) is 0 Å². The van der Waals surface area contributed by atoms with Crippen LogP contribution >= 0.6 is 12.4 Å². The van der Waals surface area contributed by atoms with Crippen LogP contribution in [0.5, 0.6) is 0 Å². The van der Waals surface area contributed by atoms with Gasteiger partial charge >= 0.3 is 0 Å². The van der Waals surface area contributed by atoms with Gasteiger partial charge in [0.05, 0.1) is 11.8 Å². The summed E-state index contributed by atoms with van der Waals surface area (Å²) in [7, 11) is 0. The molecule has 0 bridgehead atoms. The van der Waals surface area contributed by atoms with E-state index in [0.717, 1.165) is 29.8 Å². The van der Waals surface area contributed by atoms with Crippen LogP contribution in [0.15, 0.2) is 30.3 Å². The van der Waals surface area contributed by atoms with Crippen molar-refractivity contribution < 1.29 is 9.90 Å². The number of fused-ring (bicyclic) bond motifs is 1. The monoisotopic (exact) mass is 376 g/mol. The van der Waals surface area contributed by atoms with Crippen LogP contribution in [-0.2, 0) is 17.6 Å². The van der Waals surface area contributed by atoms with Crippen LogP contribution in [0, 0.1) is 5.92 Å². The molecule has 1 amide bonds. The van der Waals surface area contributed by atoms with Gasteiger partial charge in [-0.1, -0.05) is 30.3 Å². The van der Waals surface area contributed by atoms with Crippen LogP contribution in [0.1, 0.15) is 24.1 Å². The number of H-pyrrole nitrogens is 1. The van der Waals surface area contributed by atoms with E-state index in [9.17, 15) is 9.90 Å². The van der Waals surface area contributed by atoms with E-state index in [0.29, 0.717) is 25.9 Å². The minimum atomic E-state index is -0.553. The van der Waals surface area contributed by atoms with E-state index >= 15 is 0 Å². The Kier molecular flexibility index (Phi) is 5.65. The summed E-state index contributed by atoms with van der Waals surface area (Å²) in [6, 6.07) is 9.87. The lowest BCUT2D eigenvalue weighted by Gasteiger charge is -2.23. The molecule has 1 aliphatic heterocycles. The van der Waals surface area contributed by atoms with Crippen LogP contribution < -0.4 is 5.73 Å². The van der Waals surface area contributed by atoms with Crippen molar-refractivity contribution in [3.05, 3.63) is 41.6 Å². The number of nitrogens with two attached hydrogens (primary N) is 1. The largest absolute Gasteiger partial charge is 0.391 e. The SMILES string of the molecule is Cl.N[C@H]1C[C@H](C(=O)N2CCc3[nH]nc(-c4ccccc4)c3CC2)C[C@@H]1O. The van der Waals surface area contributed by atoms with Crippen molar-refractivity contribution in [2.45, 2.75) is 37.8 Å². The van der Waals surface area contributed by atoms with E-state index in [1.54, 1.807) is 0 Å². The van der Waals surface area contributed by atoms with Gasteiger partial charge in [-0.05, 0) is 19.3 Å². The van der Waals surface area contributed by atoms with Crippen LogP contribution in [0.25, 0.3) is 11.3 Å². The number of aliphatic hydroxyl groups is 1. The second kappa shape index (κ2) is 7.78. The predicted molar refractivity (Wildman–Crippen MR) is 102 cm³/mol. The van der Waals surface area contributed by atoms with Crippen molar-refractivity contribution in [3.63, 3.8) is 0 Å². The lowest BCUT2D eigenvalue weighted by Crippen LogP contribution is -2.37. The second-order valence-corrected chi connectivity index (χ2v) is 7.12. The number of benzene rings is 1. The molecule has 1 saturated carbocycles. The Bertz CT molecular complexity index is 754. The summed E-state index contributed by atoms with van der Waals surface area (Å²) in [5.74, 6) is -0.0143. The summed E-state index contributed by atoms with van der Waals surface area (Å²) in [6.45, 7) is 1.37. The van der Waals surface area contributed by atoms with Crippen LogP contribution in [0.4, 0.5) is 0 Å². The number of carbonyl (C=O) groups is 1. The molecular formula is C19H25ClN4O2. The molecule has 1 aliphatic carbocycles. The summed E-state index contributed by atoms with van der Waals surface area (Å²) >= 11 is 0. The summed E-state index contributed by atoms with van der Waals surface area (Å²) in [6.07, 6.45) is 2.09. The van der Waals surface area contributed by atoms with E-state index in [-0.39, 0.29) is 30.3 Å². The van der Waals surface area contributed by atoms with Gasteiger partial charge in [0, 0.05) is 48.3 Å². The minimum Gasteiger partial charge on any atom is -0.391 e. The maximum Gasteiger partial charge on any atom is 0.225 e. The number of aromatic nitrogens is 2. The predicted octanol–water partition coefficient (Wildman–Crippen LogP) is 1.52. The van der Waals surface area contributed by atoms with Gasteiger partial charge in [0.25, 0.3) is 0 Å². The van der Waals surface area contributed by atoms with Crippen molar-refractivity contribution in [2.24, 2.45) is 11.7 Å². The molecule has 3 atom stereocenters. The second-order valence-electron chi connectivity index (χ2n) is 7.12. The van der Waals surface area contributed by atoms with Crippen molar-refractivity contribution in [1.29, 1.82) is 0 Å². The molecule has 7 heteroatoms. The highest BCUT2D eigenvalue weighted by atomic mass is 35.5. The van der Waals surface area contributed by atoms with Gasteiger partial charge in [-0.3, -0.25) is 9.89 Å². The third-order valence-electron chi connectivity index (χ3n) is 5.50. The molecule has 0 spiro atoms. The molecule has 1 fully saturated rings. The maximum atomic E-state index is 12.8. The minimum absolute atomic E-state index is 0. The Hall–Kier alpha value is -1.89. The van der Waals surface area contributed by atoms with E-state index < -0.39 is 6.10 Å². The third kappa shape index (κ3) is 3.49. The third-order valence-corrected chi connectivity index (χ3v) is 5.50. The molecule has 6 nitrogen and oxygen atoms in total. The zero-order chi connectivity index (χ0) is 17.4. The van der Waals surface area contributed by atoms with E-state index in [4.69, 9.17) is 5.73 Å². The van der Waals surface area contributed by atoms with E-state index in [2.05, 4.69) is 22.3 Å². The van der Waals surface area contributed by atoms with E-state index in [1.165, 1.54) is 5.56 Å². The maximum absolute atomic E-state index is 12.8. The van der Waals surface area contributed by atoms with Gasteiger partial charge in [-0.2, -0.15) is 5.10 Å². The normalized spacial score (nSPS) is 25.3. The fourth-order valence-corrected chi connectivity index (χ4v) is 4.05. The highest BCUT2D eigenvalue weighted by Crippen LogP contribution is 2.29. The average molecular weight is 377 g/mol. The number of amides is 1. The highest BCUT2D eigenvalue weighted by molar-refractivity contribution is 5.85. The summed E-state index contributed by atoms with van der Waals surface area (Å²) in [4.78, 5) is 14.7. The molecule has 1 aromatic heterocycles. The number of carbonyl (C=O) groups excluding carboxylic acids is 1. The van der Waals surface area contributed by atoms with Crippen molar-refractivity contribution in [3.8, 4) is 11.3 Å². The summed E-state index contributed by atoms with van der Waals surface area (Å²) in [5, 5.41) is 17.5. The van der Waals surface area contributed by atoms with Crippen molar-refractivity contribution >= 4 is 18.3 Å². The molecule has 26 heavy (non-hydrogen) atoms. The Balaban J connectivity index is 0.00000196. The van der Waals surface area contributed by atoms with Crippen LogP contribution in [-0.4, -0.2) is 51.3 Å². The fourth-order valence-electron chi connectivity index (χ4n) is 4.05. The number of hydrogen-bond acceptors (Lipinski definition) is 4. The Morgan fingerprint density at radius 1 is 1.19 bits per heavy atom. The molecule has 0 radical (unpaired) electrons. The molecule has 1 aromatic carbocycles. The first-order valence-electron chi connectivity index (χ1n) is 8.97. The Morgan fingerprint density at radius 3 is 2.62 bits per heavy atom. The zero-order valence-electron chi connectivity index (χ0n) is 14.6. The molecular weight excluding hydrogens is 352 g/mol. The number of aliphatic hydroxyl groups excluding tert-OH is 1. The molecule has 4 rings (SSSR count). The quantitative estimate of drug-likeness (QED) is 0.740. The molecule has 2 heterocycles. The Morgan fingerprint density at radius 2 is 1.92 bits per heavy atom. The topological polar surface area (TPSA) is 95.2 Å². The van der Waals surface area contributed by atoms with Gasteiger partial charge in [-0.25, -0.2) is 0 Å². The standard InChI is InChI=1S/C19H24N4O2.ClH/c20-15-10-13(11-17(15)24)19(25)23-8-6-14-16(7-9-23)21-22-18(14)12-4-2-1-3-5-12;/h1-5,13,15,17,24H,6-11,20H2,(H,21,22);1H/t13-,15-,17-;/m0./s1. The summed E-state index contributed by atoms with van der Waals surface area (Å²) < 4.78 is 0. The molecule has 2 aliphatic rings. The highest BCUT2D eigenvalue weighted by Gasteiger charge is 2.37. The molecule has 2 aromatic rings. The first-order valence-corrected chi connectivity index (χ1v) is 8.97. The average Bonchev–Trinajstić information content (AvgIpc) is 3.11. The van der Waals surface area contributed by atoms with Gasteiger partial charge in [-0.15, -0.1) is 12.4 Å². The number of nitrogens with one attached hydrogen (secondary N) is 1. The number of aromatic amines is 1. The first kappa shape index (κ1) is 18.9. The van der Waals surface area contributed by atoms with E-state index in [1.807, 2.05) is 23.1 Å². The Labute approximate surface area is 159 Å². The lowest BCUT2D eigenvalue weighted by molar-refractivity contribution is -0.135. The number of rotatable bonds is 2. The lowest BCUT2D eigenvalue weighted by atomic mass is 10.0. The molecule has 0 saturated heterocycles.